The summed E-state index contributed by atoms with van der Waals surface area (Å²) in [5.74, 6) is 0.0803. The van der Waals surface area contributed by atoms with Crippen LogP contribution in [0.2, 0.25) is 0 Å². The highest BCUT2D eigenvalue weighted by Gasteiger charge is 2.12. The van der Waals surface area contributed by atoms with E-state index in [0.29, 0.717) is 27.8 Å². The second-order valence-corrected chi connectivity index (χ2v) is 6.89. The van der Waals surface area contributed by atoms with Crippen LogP contribution in [0.4, 0.5) is 10.8 Å². The summed E-state index contributed by atoms with van der Waals surface area (Å²) >= 11 is 1.13. The smallest absolute Gasteiger partial charge is 0.257 e. The fourth-order valence-corrected chi connectivity index (χ4v) is 3.23. The minimum Gasteiger partial charge on any atom is -0.322 e. The molecule has 0 aliphatic heterocycles. The molecule has 0 aliphatic rings. The van der Waals surface area contributed by atoms with Crippen LogP contribution in [0.3, 0.4) is 0 Å². The second-order valence-electron chi connectivity index (χ2n) is 6.14. The minimum atomic E-state index is -0.290. The lowest BCUT2D eigenvalue weighted by atomic mass is 10.1. The van der Waals surface area contributed by atoms with Gasteiger partial charge in [0.1, 0.15) is 0 Å². The van der Waals surface area contributed by atoms with Crippen LogP contribution in [0, 0.1) is 0 Å². The van der Waals surface area contributed by atoms with Crippen molar-refractivity contribution in [3.63, 3.8) is 0 Å². The van der Waals surface area contributed by atoms with E-state index in [0.717, 1.165) is 17.1 Å². The van der Waals surface area contributed by atoms with Gasteiger partial charge in [-0.05, 0) is 36.4 Å². The highest BCUT2D eigenvalue weighted by atomic mass is 32.1. The normalized spacial score (nSPS) is 10.3. The van der Waals surface area contributed by atoms with Gasteiger partial charge in [-0.2, -0.15) is 9.36 Å². The molecule has 0 radical (unpaired) electrons. The molecular weight excluding hydrogens is 384 g/mol. The molecule has 0 fully saturated rings. The van der Waals surface area contributed by atoms with E-state index in [4.69, 9.17) is 0 Å². The van der Waals surface area contributed by atoms with Crippen molar-refractivity contribution in [1.82, 2.24) is 9.36 Å². The molecule has 29 heavy (non-hydrogen) atoms. The Morgan fingerprint density at radius 2 is 1.28 bits per heavy atom. The van der Waals surface area contributed by atoms with Gasteiger partial charge in [0.05, 0.1) is 0 Å². The van der Waals surface area contributed by atoms with Gasteiger partial charge < -0.3 is 5.32 Å². The molecule has 0 unspecified atom stereocenters. The fraction of sp³-hybridized carbons (Fsp3) is 0. The highest BCUT2D eigenvalue weighted by molar-refractivity contribution is 7.10. The molecular formula is C22H16N4O2S. The molecule has 7 heteroatoms. The first-order chi connectivity index (χ1) is 14.2. The third kappa shape index (κ3) is 4.53. The first kappa shape index (κ1) is 18.5. The lowest BCUT2D eigenvalue weighted by Gasteiger charge is -2.06. The maximum absolute atomic E-state index is 12.5. The molecule has 3 aromatic carbocycles. The molecule has 2 amide bonds. The number of hydrogen-bond donors (Lipinski definition) is 2. The van der Waals surface area contributed by atoms with E-state index in [1.54, 1.807) is 48.5 Å². The predicted molar refractivity (Wildman–Crippen MR) is 114 cm³/mol. The van der Waals surface area contributed by atoms with E-state index in [1.807, 2.05) is 36.4 Å². The summed E-state index contributed by atoms with van der Waals surface area (Å²) in [5, 5.41) is 5.98. The molecule has 4 rings (SSSR count). The molecule has 0 atom stereocenters. The van der Waals surface area contributed by atoms with Gasteiger partial charge in [0, 0.05) is 33.9 Å². The Morgan fingerprint density at radius 1 is 0.690 bits per heavy atom. The van der Waals surface area contributed by atoms with Crippen molar-refractivity contribution in [2.45, 2.75) is 0 Å². The third-order valence-electron chi connectivity index (χ3n) is 4.12. The maximum atomic E-state index is 12.5. The molecule has 1 heterocycles. The Hall–Kier alpha value is -3.84. The van der Waals surface area contributed by atoms with Crippen molar-refractivity contribution in [3.8, 4) is 11.4 Å². The van der Waals surface area contributed by atoms with E-state index < -0.39 is 0 Å². The van der Waals surface area contributed by atoms with Gasteiger partial charge in [0.15, 0.2) is 5.82 Å². The number of nitrogens with zero attached hydrogens (tertiary/aromatic N) is 2. The lowest BCUT2D eigenvalue weighted by Crippen LogP contribution is -2.13. The molecule has 0 spiro atoms. The summed E-state index contributed by atoms with van der Waals surface area (Å²) in [6.07, 6.45) is 0. The van der Waals surface area contributed by atoms with Crippen molar-refractivity contribution in [2.24, 2.45) is 0 Å². The van der Waals surface area contributed by atoms with Crippen molar-refractivity contribution in [2.75, 3.05) is 10.6 Å². The summed E-state index contributed by atoms with van der Waals surface area (Å²) in [5.41, 5.74) is 2.53. The molecule has 0 saturated carbocycles. The van der Waals surface area contributed by atoms with E-state index >= 15 is 0 Å². The SMILES string of the molecule is O=C(Nc1ccc(C(=O)Nc2nc(-c3ccccc3)ns2)cc1)c1ccccc1. The zero-order valence-corrected chi connectivity index (χ0v) is 16.0. The first-order valence-electron chi connectivity index (χ1n) is 8.86. The summed E-state index contributed by atoms with van der Waals surface area (Å²) in [6.45, 7) is 0. The zero-order valence-electron chi connectivity index (χ0n) is 15.2. The summed E-state index contributed by atoms with van der Waals surface area (Å²) in [6, 6.07) is 25.2. The number of nitrogens with one attached hydrogen (secondary N) is 2. The Morgan fingerprint density at radius 3 is 1.97 bits per heavy atom. The van der Waals surface area contributed by atoms with E-state index in [2.05, 4.69) is 20.0 Å². The van der Waals surface area contributed by atoms with Gasteiger partial charge in [0.25, 0.3) is 11.8 Å². The number of rotatable bonds is 5. The molecule has 142 valence electrons. The molecule has 4 aromatic rings. The Balaban J connectivity index is 1.40. The molecule has 2 N–H and O–H groups in total. The topological polar surface area (TPSA) is 84.0 Å². The van der Waals surface area contributed by atoms with Gasteiger partial charge in [-0.15, -0.1) is 0 Å². The van der Waals surface area contributed by atoms with Crippen molar-refractivity contribution in [3.05, 3.63) is 96.1 Å². The number of carbonyl (C=O) groups excluding carboxylic acids is 2. The molecule has 0 saturated heterocycles. The maximum Gasteiger partial charge on any atom is 0.257 e. The quantitative estimate of drug-likeness (QED) is 0.508. The lowest BCUT2D eigenvalue weighted by molar-refractivity contribution is 0.102. The fourth-order valence-electron chi connectivity index (χ4n) is 2.65. The first-order valence-corrected chi connectivity index (χ1v) is 9.63. The number of benzene rings is 3. The average molecular weight is 400 g/mol. The minimum absolute atomic E-state index is 0.204. The van der Waals surface area contributed by atoms with E-state index in [9.17, 15) is 9.59 Å². The monoisotopic (exact) mass is 400 g/mol. The van der Waals surface area contributed by atoms with Gasteiger partial charge in [-0.25, -0.2) is 0 Å². The van der Waals surface area contributed by atoms with Crippen LogP contribution in [-0.2, 0) is 0 Å². The van der Waals surface area contributed by atoms with Gasteiger partial charge in [-0.3, -0.25) is 14.9 Å². The summed E-state index contributed by atoms with van der Waals surface area (Å²) in [7, 11) is 0. The van der Waals surface area contributed by atoms with Crippen molar-refractivity contribution < 1.29 is 9.59 Å². The molecule has 6 nitrogen and oxygen atoms in total. The van der Waals surface area contributed by atoms with Crippen LogP contribution in [0.15, 0.2) is 84.9 Å². The van der Waals surface area contributed by atoms with Gasteiger partial charge >= 0.3 is 0 Å². The van der Waals surface area contributed by atoms with Crippen molar-refractivity contribution >= 4 is 34.2 Å². The number of aromatic nitrogens is 2. The zero-order chi connectivity index (χ0) is 20.1. The largest absolute Gasteiger partial charge is 0.322 e. The van der Waals surface area contributed by atoms with Crippen LogP contribution in [0.25, 0.3) is 11.4 Å². The Kier molecular flexibility index (Phi) is 5.40. The van der Waals surface area contributed by atoms with Crippen LogP contribution in [0.5, 0.6) is 0 Å². The van der Waals surface area contributed by atoms with Crippen molar-refractivity contribution in [1.29, 1.82) is 0 Å². The Bertz CT molecular complexity index is 1130. The van der Waals surface area contributed by atoms with Crippen LogP contribution in [-0.4, -0.2) is 21.2 Å². The van der Waals surface area contributed by atoms with Gasteiger partial charge in [-0.1, -0.05) is 48.5 Å². The number of hydrogen-bond acceptors (Lipinski definition) is 5. The van der Waals surface area contributed by atoms with E-state index in [-0.39, 0.29) is 11.8 Å². The van der Waals surface area contributed by atoms with Gasteiger partial charge in [0.2, 0.25) is 5.13 Å². The molecule has 1 aromatic heterocycles. The third-order valence-corrected chi connectivity index (χ3v) is 4.75. The number of carbonyl (C=O) groups is 2. The standard InChI is InChI=1S/C22H16N4O2S/c27-20(16-9-5-2-6-10-16)23-18-13-11-17(12-14-18)21(28)25-22-24-19(26-29-22)15-7-3-1-4-8-15/h1-14H,(H,23,27)(H,24,25,26,28). The molecule has 0 bridgehead atoms. The number of amides is 2. The average Bonchev–Trinajstić information content (AvgIpc) is 3.24. The molecule has 0 aliphatic carbocycles. The van der Waals surface area contributed by atoms with E-state index in [1.165, 1.54) is 0 Å². The Labute approximate surface area is 171 Å². The summed E-state index contributed by atoms with van der Waals surface area (Å²) < 4.78 is 4.28. The van der Waals surface area contributed by atoms with Crippen LogP contribution in [0.1, 0.15) is 20.7 Å². The number of anilines is 2. The second kappa shape index (κ2) is 8.45. The van der Waals surface area contributed by atoms with Crippen LogP contribution < -0.4 is 10.6 Å². The summed E-state index contributed by atoms with van der Waals surface area (Å²) in [4.78, 5) is 29.0. The van der Waals surface area contributed by atoms with Crippen LogP contribution >= 0.6 is 11.5 Å². The predicted octanol–water partition coefficient (Wildman–Crippen LogP) is 4.71. The highest BCUT2D eigenvalue weighted by Crippen LogP contribution is 2.21.